The molecular weight excluding hydrogens is 411 g/mol. The lowest BCUT2D eigenvalue weighted by atomic mass is 9.71. The molecule has 1 N–H and O–H groups in total. The molecule has 1 aliphatic carbocycles. The van der Waals surface area contributed by atoms with Crippen LogP contribution in [-0.4, -0.2) is 18.9 Å². The van der Waals surface area contributed by atoms with Gasteiger partial charge in [-0.3, -0.25) is 4.79 Å². The van der Waals surface area contributed by atoms with E-state index in [2.05, 4.69) is 5.32 Å². The number of furan rings is 1. The van der Waals surface area contributed by atoms with Crippen LogP contribution in [0.15, 0.2) is 69.6 Å². The molecule has 2 heterocycles. The number of carbonyl (C=O) groups is 2. The third-order valence-corrected chi connectivity index (χ3v) is 5.76. The van der Waals surface area contributed by atoms with Gasteiger partial charge in [0.1, 0.15) is 5.76 Å². The number of carbonyl (C=O) groups excluding carboxylic acids is 2. The minimum Gasteiger partial charge on any atom is -0.469 e. The molecule has 0 amide bonds. The Hall–Kier alpha value is -3.29. The Labute approximate surface area is 176 Å². The van der Waals surface area contributed by atoms with Crippen molar-refractivity contribution >= 4 is 11.8 Å². The average molecular weight is 431 g/mol. The van der Waals surface area contributed by atoms with Gasteiger partial charge in [0.2, 0.25) is 0 Å². The van der Waals surface area contributed by atoms with Crippen molar-refractivity contribution in [3.63, 3.8) is 0 Å². The quantitative estimate of drug-likeness (QED) is 0.705. The molecule has 8 heteroatoms. The number of benzene rings is 1. The Morgan fingerprint density at radius 1 is 1.16 bits per heavy atom. The number of ketones is 1. The SMILES string of the molecule is COC(=O)C1=C(C)NC2=C(C(=O)CC(c3ccco3)C2)C1c1ccccc1C(F)(F)F. The maximum atomic E-state index is 13.8. The van der Waals surface area contributed by atoms with Crippen LogP contribution in [0, 0.1) is 0 Å². The van der Waals surface area contributed by atoms with Crippen LogP contribution in [0.25, 0.3) is 0 Å². The summed E-state index contributed by atoms with van der Waals surface area (Å²) in [6.07, 6.45) is -2.68. The monoisotopic (exact) mass is 431 g/mol. The Bertz CT molecular complexity index is 1100. The van der Waals surface area contributed by atoms with E-state index in [1.54, 1.807) is 19.1 Å². The summed E-state index contributed by atoms with van der Waals surface area (Å²) < 4.78 is 51.8. The molecule has 2 atom stereocenters. The number of ether oxygens (including phenoxy) is 1. The Morgan fingerprint density at radius 3 is 2.55 bits per heavy atom. The molecule has 31 heavy (non-hydrogen) atoms. The van der Waals surface area contributed by atoms with Gasteiger partial charge in [-0.1, -0.05) is 18.2 Å². The van der Waals surface area contributed by atoms with E-state index in [-0.39, 0.29) is 34.8 Å². The van der Waals surface area contributed by atoms with Crippen LogP contribution >= 0.6 is 0 Å². The fraction of sp³-hybridized carbons (Fsp3) is 0.304. The van der Waals surface area contributed by atoms with Gasteiger partial charge in [-0.05, 0) is 37.1 Å². The second-order valence-electron chi connectivity index (χ2n) is 7.61. The van der Waals surface area contributed by atoms with Crippen molar-refractivity contribution in [3.8, 4) is 0 Å². The fourth-order valence-corrected chi connectivity index (χ4v) is 4.46. The van der Waals surface area contributed by atoms with Gasteiger partial charge in [0, 0.05) is 35.2 Å². The van der Waals surface area contributed by atoms with E-state index in [0.717, 1.165) is 13.2 Å². The summed E-state index contributed by atoms with van der Waals surface area (Å²) in [5.74, 6) is -1.88. The predicted molar refractivity (Wildman–Crippen MR) is 105 cm³/mol. The molecule has 0 radical (unpaired) electrons. The van der Waals surface area contributed by atoms with E-state index in [1.807, 2.05) is 0 Å². The van der Waals surface area contributed by atoms with E-state index in [4.69, 9.17) is 9.15 Å². The molecule has 0 saturated heterocycles. The number of rotatable bonds is 3. The third-order valence-electron chi connectivity index (χ3n) is 5.76. The Kier molecular flexibility index (Phi) is 5.24. The maximum Gasteiger partial charge on any atom is 0.416 e. The standard InChI is InChI=1S/C23H20F3NO4/c1-12-19(22(29)30-2)20(14-6-3-4-7-15(14)23(24,25)26)21-16(27-12)10-13(11-17(21)28)18-8-5-9-31-18/h3-9,13,20,27H,10-11H2,1-2H3. The highest BCUT2D eigenvalue weighted by Gasteiger charge is 2.45. The average Bonchev–Trinajstić information content (AvgIpc) is 3.26. The van der Waals surface area contributed by atoms with Crippen molar-refractivity contribution in [2.24, 2.45) is 0 Å². The van der Waals surface area contributed by atoms with Crippen molar-refractivity contribution in [1.82, 2.24) is 5.32 Å². The normalized spacial score (nSPS) is 21.6. The third kappa shape index (κ3) is 3.66. The lowest BCUT2D eigenvalue weighted by Gasteiger charge is -2.36. The highest BCUT2D eigenvalue weighted by atomic mass is 19.4. The first-order chi connectivity index (χ1) is 14.7. The number of allylic oxidation sites excluding steroid dienone is 3. The van der Waals surface area contributed by atoms with Crippen LogP contribution in [0.5, 0.6) is 0 Å². The molecule has 0 spiro atoms. The van der Waals surface area contributed by atoms with Gasteiger partial charge in [-0.15, -0.1) is 0 Å². The topological polar surface area (TPSA) is 68.5 Å². The molecular formula is C23H20F3NO4. The molecule has 2 unspecified atom stereocenters. The van der Waals surface area contributed by atoms with Crippen LogP contribution in [0.1, 0.15) is 48.5 Å². The zero-order valence-corrected chi connectivity index (χ0v) is 16.9. The second-order valence-corrected chi connectivity index (χ2v) is 7.61. The first-order valence-electron chi connectivity index (χ1n) is 9.74. The zero-order valence-electron chi connectivity index (χ0n) is 16.9. The van der Waals surface area contributed by atoms with E-state index in [1.165, 1.54) is 24.5 Å². The summed E-state index contributed by atoms with van der Waals surface area (Å²) in [6.45, 7) is 1.60. The molecule has 1 aromatic carbocycles. The lowest BCUT2D eigenvalue weighted by Crippen LogP contribution is -2.36. The number of Topliss-reactive ketones (excluding diaryl/α,β-unsaturated/α-hetero) is 1. The van der Waals surface area contributed by atoms with Crippen molar-refractivity contribution in [1.29, 1.82) is 0 Å². The summed E-state index contributed by atoms with van der Waals surface area (Å²) in [5, 5.41) is 3.08. The number of esters is 1. The van der Waals surface area contributed by atoms with Crippen LogP contribution in [0.4, 0.5) is 13.2 Å². The molecule has 0 bridgehead atoms. The molecule has 2 aliphatic rings. The first kappa shape index (κ1) is 21.0. The van der Waals surface area contributed by atoms with E-state index >= 15 is 0 Å². The summed E-state index contributed by atoms with van der Waals surface area (Å²) in [5.41, 5.74) is 0.0102. The van der Waals surface area contributed by atoms with Crippen LogP contribution < -0.4 is 5.32 Å². The van der Waals surface area contributed by atoms with Gasteiger partial charge < -0.3 is 14.5 Å². The molecule has 0 saturated carbocycles. The smallest absolute Gasteiger partial charge is 0.416 e. The highest BCUT2D eigenvalue weighted by Crippen LogP contribution is 2.48. The zero-order chi connectivity index (χ0) is 22.3. The maximum absolute atomic E-state index is 13.8. The first-order valence-corrected chi connectivity index (χ1v) is 9.74. The molecule has 5 nitrogen and oxygen atoms in total. The van der Waals surface area contributed by atoms with Crippen molar-refractivity contribution < 1.29 is 31.9 Å². The van der Waals surface area contributed by atoms with Crippen molar-refractivity contribution in [3.05, 3.63) is 82.1 Å². The number of hydrogen-bond acceptors (Lipinski definition) is 5. The van der Waals surface area contributed by atoms with Gasteiger partial charge in [-0.25, -0.2) is 4.79 Å². The molecule has 0 fully saturated rings. The van der Waals surface area contributed by atoms with Crippen LogP contribution in [-0.2, 0) is 20.5 Å². The van der Waals surface area contributed by atoms with Gasteiger partial charge in [0.15, 0.2) is 5.78 Å². The number of methoxy groups -OCH3 is 1. The Morgan fingerprint density at radius 2 is 1.90 bits per heavy atom. The van der Waals surface area contributed by atoms with E-state index in [0.29, 0.717) is 23.6 Å². The number of dihydropyridines is 1. The highest BCUT2D eigenvalue weighted by molar-refractivity contribution is 6.04. The van der Waals surface area contributed by atoms with E-state index < -0.39 is 23.6 Å². The van der Waals surface area contributed by atoms with Crippen molar-refractivity contribution in [2.75, 3.05) is 7.11 Å². The minimum atomic E-state index is -4.65. The van der Waals surface area contributed by atoms with Crippen LogP contribution in [0.3, 0.4) is 0 Å². The van der Waals surface area contributed by atoms with E-state index in [9.17, 15) is 22.8 Å². The number of alkyl halides is 3. The summed E-state index contributed by atoms with van der Waals surface area (Å²) in [7, 11) is 1.16. The second kappa shape index (κ2) is 7.76. The lowest BCUT2D eigenvalue weighted by molar-refractivity contribution is -0.139. The number of hydrogen-bond donors (Lipinski definition) is 1. The predicted octanol–water partition coefficient (Wildman–Crippen LogP) is 4.83. The molecule has 1 aliphatic heterocycles. The molecule has 2 aromatic rings. The summed E-state index contributed by atoms with van der Waals surface area (Å²) >= 11 is 0. The van der Waals surface area contributed by atoms with Crippen molar-refractivity contribution in [2.45, 2.75) is 37.8 Å². The van der Waals surface area contributed by atoms with Crippen LogP contribution in [0.2, 0.25) is 0 Å². The van der Waals surface area contributed by atoms with Gasteiger partial charge >= 0.3 is 12.1 Å². The fourth-order valence-electron chi connectivity index (χ4n) is 4.46. The molecule has 4 rings (SSSR count). The molecule has 162 valence electrons. The van der Waals surface area contributed by atoms with Gasteiger partial charge in [0.25, 0.3) is 0 Å². The Balaban J connectivity index is 1.90. The summed E-state index contributed by atoms with van der Waals surface area (Å²) in [4.78, 5) is 25.9. The largest absolute Gasteiger partial charge is 0.469 e. The number of nitrogens with one attached hydrogen (secondary N) is 1. The molecule has 1 aromatic heterocycles. The number of halogens is 3. The van der Waals surface area contributed by atoms with Gasteiger partial charge in [0.05, 0.1) is 24.5 Å². The van der Waals surface area contributed by atoms with Gasteiger partial charge in [-0.2, -0.15) is 13.2 Å². The minimum absolute atomic E-state index is 0.00255. The summed E-state index contributed by atoms with van der Waals surface area (Å²) in [6, 6.07) is 8.52.